The molecular formula is C15H16FN3O4S. The van der Waals surface area contributed by atoms with Crippen molar-refractivity contribution in [2.24, 2.45) is 0 Å². The molecule has 0 radical (unpaired) electrons. The summed E-state index contributed by atoms with van der Waals surface area (Å²) < 4.78 is 39.4. The van der Waals surface area contributed by atoms with Crippen LogP contribution in [0.4, 0.5) is 9.18 Å². The van der Waals surface area contributed by atoms with Crippen molar-refractivity contribution in [1.29, 1.82) is 0 Å². The maximum Gasteiger partial charge on any atom is 0.327 e. The quantitative estimate of drug-likeness (QED) is 0.588. The number of hydrogen-bond acceptors (Lipinski definition) is 4. The molecule has 1 aromatic rings. The summed E-state index contributed by atoms with van der Waals surface area (Å²) in [7, 11) is -3.85. The molecule has 0 unspecified atom stereocenters. The second-order valence-electron chi connectivity index (χ2n) is 5.55. The van der Waals surface area contributed by atoms with Crippen LogP contribution in [0, 0.1) is 5.82 Å². The molecular weight excluding hydrogens is 337 g/mol. The standard InChI is InChI=1S/C15H16FN3O4S/c1-2-7-19-14(20)13-10-17(8-9-18(13)15(19)21)24(22,23)12-5-3-11(16)4-6-12/h2-6,13H,1,7-10H2/t13-/m0/s1. The van der Waals surface area contributed by atoms with Gasteiger partial charge in [-0.1, -0.05) is 6.08 Å². The number of rotatable bonds is 4. The third kappa shape index (κ3) is 2.59. The maximum absolute atomic E-state index is 13.0. The molecule has 0 aliphatic carbocycles. The van der Waals surface area contributed by atoms with Crippen LogP contribution in [0.25, 0.3) is 0 Å². The molecule has 2 heterocycles. The van der Waals surface area contributed by atoms with E-state index in [2.05, 4.69) is 6.58 Å². The third-order valence-corrected chi connectivity index (χ3v) is 6.01. The maximum atomic E-state index is 13.0. The molecule has 0 bridgehead atoms. The van der Waals surface area contributed by atoms with Gasteiger partial charge in [0.25, 0.3) is 5.91 Å². The lowest BCUT2D eigenvalue weighted by Gasteiger charge is -2.34. The fourth-order valence-electron chi connectivity index (χ4n) is 2.90. The minimum Gasteiger partial charge on any atom is -0.310 e. The molecule has 0 N–H and O–H groups in total. The Kier molecular flexibility index (Phi) is 4.14. The summed E-state index contributed by atoms with van der Waals surface area (Å²) in [4.78, 5) is 26.9. The molecule has 3 amide bonds. The van der Waals surface area contributed by atoms with E-state index in [1.165, 1.54) is 23.1 Å². The van der Waals surface area contributed by atoms with Gasteiger partial charge in [0.1, 0.15) is 11.9 Å². The van der Waals surface area contributed by atoms with E-state index in [0.29, 0.717) is 0 Å². The Balaban J connectivity index is 1.84. The number of urea groups is 1. The predicted octanol–water partition coefficient (Wildman–Crippen LogP) is 0.649. The van der Waals surface area contributed by atoms with Crippen molar-refractivity contribution < 1.29 is 22.4 Å². The van der Waals surface area contributed by atoms with Crippen molar-refractivity contribution in [2.45, 2.75) is 10.9 Å². The number of benzene rings is 1. The molecule has 0 spiro atoms. The number of piperazine rings is 1. The van der Waals surface area contributed by atoms with Gasteiger partial charge < -0.3 is 4.90 Å². The van der Waals surface area contributed by atoms with Gasteiger partial charge >= 0.3 is 6.03 Å². The van der Waals surface area contributed by atoms with Crippen LogP contribution in [-0.4, -0.2) is 66.7 Å². The van der Waals surface area contributed by atoms with Crippen molar-refractivity contribution in [3.63, 3.8) is 0 Å². The fourth-order valence-corrected chi connectivity index (χ4v) is 4.34. The Bertz CT molecular complexity index is 793. The van der Waals surface area contributed by atoms with Gasteiger partial charge in [-0.15, -0.1) is 6.58 Å². The molecule has 2 aliphatic rings. The Morgan fingerprint density at radius 3 is 2.50 bits per heavy atom. The van der Waals surface area contributed by atoms with E-state index in [9.17, 15) is 22.4 Å². The highest BCUT2D eigenvalue weighted by Crippen LogP contribution is 2.26. The zero-order valence-electron chi connectivity index (χ0n) is 12.8. The van der Waals surface area contributed by atoms with Crippen LogP contribution in [-0.2, 0) is 14.8 Å². The van der Waals surface area contributed by atoms with Gasteiger partial charge in [-0.05, 0) is 24.3 Å². The number of amides is 3. The summed E-state index contributed by atoms with van der Waals surface area (Å²) >= 11 is 0. The van der Waals surface area contributed by atoms with Crippen LogP contribution in [0.2, 0.25) is 0 Å². The molecule has 7 nitrogen and oxygen atoms in total. The summed E-state index contributed by atoms with van der Waals surface area (Å²) in [5.41, 5.74) is 0. The highest BCUT2D eigenvalue weighted by molar-refractivity contribution is 7.89. The van der Waals surface area contributed by atoms with Crippen molar-refractivity contribution in [3.05, 3.63) is 42.7 Å². The van der Waals surface area contributed by atoms with Crippen LogP contribution in [0.15, 0.2) is 41.8 Å². The van der Waals surface area contributed by atoms with Crippen LogP contribution < -0.4 is 0 Å². The van der Waals surface area contributed by atoms with Gasteiger partial charge in [-0.2, -0.15) is 4.31 Å². The lowest BCUT2D eigenvalue weighted by atomic mass is 10.2. The molecule has 1 atom stereocenters. The van der Waals surface area contributed by atoms with Gasteiger partial charge in [0, 0.05) is 26.2 Å². The van der Waals surface area contributed by atoms with Gasteiger partial charge in [0.05, 0.1) is 4.90 Å². The Morgan fingerprint density at radius 1 is 1.21 bits per heavy atom. The van der Waals surface area contributed by atoms with E-state index in [0.717, 1.165) is 21.3 Å². The summed E-state index contributed by atoms with van der Waals surface area (Å²) in [5, 5.41) is 0. The Morgan fingerprint density at radius 2 is 1.88 bits per heavy atom. The monoisotopic (exact) mass is 353 g/mol. The van der Waals surface area contributed by atoms with Gasteiger partial charge in [-0.3, -0.25) is 9.69 Å². The van der Waals surface area contributed by atoms with E-state index in [-0.39, 0.29) is 31.1 Å². The first-order chi connectivity index (χ1) is 11.4. The number of fused-ring (bicyclic) bond motifs is 1. The number of hydrogen-bond donors (Lipinski definition) is 0. The highest BCUT2D eigenvalue weighted by Gasteiger charge is 2.49. The zero-order valence-corrected chi connectivity index (χ0v) is 13.6. The summed E-state index contributed by atoms with van der Waals surface area (Å²) in [5.74, 6) is -0.964. The average Bonchev–Trinajstić information content (AvgIpc) is 2.80. The molecule has 2 fully saturated rings. The van der Waals surface area contributed by atoms with Gasteiger partial charge in [0.2, 0.25) is 10.0 Å². The fraction of sp³-hybridized carbons (Fsp3) is 0.333. The summed E-state index contributed by atoms with van der Waals surface area (Å²) in [6.45, 7) is 3.70. The number of carbonyl (C=O) groups is 2. The summed E-state index contributed by atoms with van der Waals surface area (Å²) in [6, 6.07) is 3.24. The molecule has 24 heavy (non-hydrogen) atoms. The van der Waals surface area contributed by atoms with Crippen LogP contribution in [0.1, 0.15) is 0 Å². The summed E-state index contributed by atoms with van der Waals surface area (Å²) in [6.07, 6.45) is 1.45. The Labute approximate surface area is 139 Å². The smallest absolute Gasteiger partial charge is 0.310 e. The zero-order chi connectivity index (χ0) is 17.5. The molecule has 0 saturated carbocycles. The first kappa shape index (κ1) is 16.6. The first-order valence-corrected chi connectivity index (χ1v) is 8.79. The van der Waals surface area contributed by atoms with Crippen molar-refractivity contribution in [2.75, 3.05) is 26.2 Å². The minimum absolute atomic E-state index is 0.0444. The molecule has 3 rings (SSSR count). The van der Waals surface area contributed by atoms with E-state index in [4.69, 9.17) is 0 Å². The average molecular weight is 353 g/mol. The molecule has 128 valence electrons. The highest BCUT2D eigenvalue weighted by atomic mass is 32.2. The van der Waals surface area contributed by atoms with E-state index < -0.39 is 33.8 Å². The van der Waals surface area contributed by atoms with Gasteiger partial charge in [0.15, 0.2) is 0 Å². The number of nitrogens with zero attached hydrogens (tertiary/aromatic N) is 3. The third-order valence-electron chi connectivity index (χ3n) is 4.13. The van der Waals surface area contributed by atoms with Crippen molar-refractivity contribution in [3.8, 4) is 0 Å². The van der Waals surface area contributed by atoms with Crippen molar-refractivity contribution in [1.82, 2.24) is 14.1 Å². The number of halogens is 1. The SMILES string of the molecule is C=CCN1C(=O)[C@@H]2CN(S(=O)(=O)c3ccc(F)cc3)CCN2C1=O. The first-order valence-electron chi connectivity index (χ1n) is 7.35. The van der Waals surface area contributed by atoms with Crippen molar-refractivity contribution >= 4 is 22.0 Å². The lowest BCUT2D eigenvalue weighted by Crippen LogP contribution is -2.54. The number of carbonyl (C=O) groups excluding carboxylic acids is 2. The normalized spacial score (nSPS) is 22.0. The Hall–Kier alpha value is -2.26. The molecule has 9 heteroatoms. The number of sulfonamides is 1. The second-order valence-corrected chi connectivity index (χ2v) is 7.48. The van der Waals surface area contributed by atoms with E-state index in [1.54, 1.807) is 0 Å². The second kappa shape index (κ2) is 5.99. The topological polar surface area (TPSA) is 78.0 Å². The predicted molar refractivity (Wildman–Crippen MR) is 83.0 cm³/mol. The van der Waals surface area contributed by atoms with Gasteiger partial charge in [-0.25, -0.2) is 17.6 Å². The lowest BCUT2D eigenvalue weighted by molar-refractivity contribution is -0.128. The largest absolute Gasteiger partial charge is 0.327 e. The van der Waals surface area contributed by atoms with E-state index >= 15 is 0 Å². The molecule has 0 aromatic heterocycles. The minimum atomic E-state index is -3.85. The van der Waals surface area contributed by atoms with E-state index in [1.807, 2.05) is 0 Å². The van der Waals surface area contributed by atoms with Crippen LogP contribution in [0.3, 0.4) is 0 Å². The van der Waals surface area contributed by atoms with Crippen LogP contribution in [0.5, 0.6) is 0 Å². The number of imide groups is 1. The van der Waals surface area contributed by atoms with Crippen LogP contribution >= 0.6 is 0 Å². The molecule has 1 aromatic carbocycles. The molecule has 2 saturated heterocycles. The molecule has 2 aliphatic heterocycles.